The smallest absolute Gasteiger partial charge is 0.341 e. The molecule has 0 heterocycles. The third-order valence-corrected chi connectivity index (χ3v) is 2.23. The number of esters is 1. The molecule has 0 radical (unpaired) electrons. The number of alkyl halides is 3. The van der Waals surface area contributed by atoms with Crippen LogP contribution in [0.2, 0.25) is 0 Å². The first-order valence-electron chi connectivity index (χ1n) is 4.22. The third-order valence-electron chi connectivity index (χ3n) is 1.87. The predicted octanol–water partition coefficient (Wildman–Crippen LogP) is 3.01. The van der Waals surface area contributed by atoms with Gasteiger partial charge in [0.2, 0.25) is 6.17 Å². The molecule has 1 atom stereocenters. The van der Waals surface area contributed by atoms with E-state index in [-0.39, 0.29) is 0 Å². The van der Waals surface area contributed by atoms with Crippen LogP contribution in [0.5, 0.6) is 0 Å². The first-order valence-corrected chi connectivity index (χ1v) is 4.60. The maximum atomic E-state index is 12.8. The fourth-order valence-corrected chi connectivity index (χ4v) is 1.13. The average Bonchev–Trinajstić information content (AvgIpc) is 2.10. The number of allylic oxidation sites excluding steroid dienone is 2. The van der Waals surface area contributed by atoms with Gasteiger partial charge in [-0.2, -0.15) is 8.78 Å². The second-order valence-corrected chi connectivity index (χ2v) is 4.71. The minimum Gasteiger partial charge on any atom is -0.423 e. The Balaban J connectivity index is 2.82. The zero-order valence-corrected chi connectivity index (χ0v) is 9.16. The summed E-state index contributed by atoms with van der Waals surface area (Å²) >= 11 is 5.19. The van der Waals surface area contributed by atoms with Crippen molar-refractivity contribution in [3.63, 3.8) is 0 Å². The second-order valence-electron chi connectivity index (χ2n) is 4.30. The maximum absolute atomic E-state index is 12.8. The van der Waals surface area contributed by atoms with Crippen LogP contribution < -0.4 is 0 Å². The van der Waals surface area contributed by atoms with Crippen LogP contribution in [0, 0.1) is 5.41 Å². The highest BCUT2D eigenvalue weighted by Gasteiger charge is 2.60. The number of halogens is 4. The monoisotopic (exact) mass is 242 g/mol. The van der Waals surface area contributed by atoms with E-state index in [2.05, 4.69) is 4.74 Å². The first kappa shape index (κ1) is 12.4. The van der Waals surface area contributed by atoms with Gasteiger partial charge in [-0.25, -0.2) is 4.39 Å². The molecule has 1 unspecified atom stereocenters. The average molecular weight is 243 g/mol. The number of ether oxygens (including phenoxy) is 1. The maximum Gasteiger partial charge on any atom is 0.341 e. The molecule has 0 saturated carbocycles. The van der Waals surface area contributed by atoms with Crippen molar-refractivity contribution in [2.75, 3.05) is 0 Å². The van der Waals surface area contributed by atoms with E-state index in [4.69, 9.17) is 11.6 Å². The van der Waals surface area contributed by atoms with E-state index in [0.29, 0.717) is 0 Å². The van der Waals surface area contributed by atoms with E-state index >= 15 is 0 Å². The van der Waals surface area contributed by atoms with Crippen LogP contribution >= 0.6 is 11.6 Å². The normalized spacial score (nSPS) is 24.9. The molecule has 6 heteroatoms. The molecule has 1 aliphatic rings. The summed E-state index contributed by atoms with van der Waals surface area (Å²) in [4.78, 5) is 11.2. The summed E-state index contributed by atoms with van der Waals surface area (Å²) in [6, 6.07) is 0. The van der Waals surface area contributed by atoms with E-state index in [0.717, 1.165) is 0 Å². The predicted molar refractivity (Wildman–Crippen MR) is 48.3 cm³/mol. The number of hydrogen-bond acceptors (Lipinski definition) is 2. The lowest BCUT2D eigenvalue weighted by molar-refractivity contribution is -0.161. The molecule has 0 bridgehead atoms. The molecule has 0 saturated heterocycles. The van der Waals surface area contributed by atoms with Crippen molar-refractivity contribution in [3.8, 4) is 0 Å². The van der Waals surface area contributed by atoms with Crippen molar-refractivity contribution in [1.82, 2.24) is 0 Å². The Morgan fingerprint density at radius 1 is 1.47 bits per heavy atom. The summed E-state index contributed by atoms with van der Waals surface area (Å²) in [5, 5.41) is -0.738. The summed E-state index contributed by atoms with van der Waals surface area (Å²) < 4.78 is 42.5. The Morgan fingerprint density at radius 2 is 1.93 bits per heavy atom. The van der Waals surface area contributed by atoms with Crippen LogP contribution in [0.3, 0.4) is 0 Å². The molecule has 0 spiro atoms. The number of carbonyl (C=O) groups is 1. The van der Waals surface area contributed by atoms with Gasteiger partial charge in [0, 0.05) is 0 Å². The number of carbonyl (C=O) groups excluding carboxylic acids is 1. The van der Waals surface area contributed by atoms with Crippen LogP contribution in [0.15, 0.2) is 10.8 Å². The van der Waals surface area contributed by atoms with Gasteiger partial charge in [0.05, 0.1) is 5.41 Å². The Labute approximate surface area is 90.0 Å². The van der Waals surface area contributed by atoms with E-state index in [9.17, 15) is 18.0 Å². The van der Waals surface area contributed by atoms with Crippen molar-refractivity contribution in [3.05, 3.63) is 10.8 Å². The number of rotatable bonds is 1. The van der Waals surface area contributed by atoms with Crippen molar-refractivity contribution in [2.45, 2.75) is 32.9 Å². The van der Waals surface area contributed by atoms with Crippen molar-refractivity contribution < 1.29 is 22.7 Å². The Morgan fingerprint density at radius 3 is 2.27 bits per heavy atom. The molecule has 1 aliphatic carbocycles. The molecule has 1 rings (SSSR count). The van der Waals surface area contributed by atoms with Gasteiger partial charge in [-0.1, -0.05) is 11.6 Å². The molecule has 2 nitrogen and oxygen atoms in total. The largest absolute Gasteiger partial charge is 0.423 e. The molecule has 0 aromatic carbocycles. The van der Waals surface area contributed by atoms with Crippen LogP contribution in [0.1, 0.15) is 20.8 Å². The molecule has 0 aliphatic heterocycles. The summed E-state index contributed by atoms with van der Waals surface area (Å²) in [6.07, 6.45) is -2.57. The van der Waals surface area contributed by atoms with Crippen LogP contribution in [0.25, 0.3) is 0 Å². The lowest BCUT2D eigenvalue weighted by atomic mass is 9.96. The fourth-order valence-electron chi connectivity index (χ4n) is 0.833. The Kier molecular flexibility index (Phi) is 2.80. The zero-order chi connectivity index (χ0) is 12.0. The van der Waals surface area contributed by atoms with Gasteiger partial charge in [0.25, 0.3) is 0 Å². The highest BCUT2D eigenvalue weighted by Crippen LogP contribution is 2.48. The molecule has 0 aromatic heterocycles. The van der Waals surface area contributed by atoms with Gasteiger partial charge < -0.3 is 4.74 Å². The van der Waals surface area contributed by atoms with Crippen LogP contribution in [-0.2, 0) is 9.53 Å². The van der Waals surface area contributed by atoms with Gasteiger partial charge in [0.1, 0.15) is 5.03 Å². The molecule has 15 heavy (non-hydrogen) atoms. The summed E-state index contributed by atoms with van der Waals surface area (Å²) in [6.45, 7) is 4.48. The molecular formula is C9H10ClF3O2. The molecule has 0 N–H and O–H groups in total. The lowest BCUT2D eigenvalue weighted by Crippen LogP contribution is -2.45. The van der Waals surface area contributed by atoms with E-state index in [1.54, 1.807) is 0 Å². The second kappa shape index (κ2) is 3.40. The van der Waals surface area contributed by atoms with Crippen LogP contribution in [0.4, 0.5) is 13.2 Å². The standard InChI is InChI=1S/C9H10ClF3O2/c1-8(2,3)7(14)15-6-4(10)5(11)9(6,12)13/h5H,1-3H3. The quantitative estimate of drug-likeness (QED) is 0.661. The van der Waals surface area contributed by atoms with Gasteiger partial charge in [-0.3, -0.25) is 4.79 Å². The minimum absolute atomic E-state index is 0.738. The van der Waals surface area contributed by atoms with Gasteiger partial charge >= 0.3 is 11.9 Å². The summed E-state index contributed by atoms with van der Waals surface area (Å²) in [7, 11) is 0. The SMILES string of the molecule is CC(C)(C)C(=O)OC1=C(Cl)C(F)C1(F)F. The zero-order valence-electron chi connectivity index (χ0n) is 8.41. The topological polar surface area (TPSA) is 26.3 Å². The third kappa shape index (κ3) is 1.97. The van der Waals surface area contributed by atoms with E-state index < -0.39 is 34.3 Å². The first-order chi connectivity index (χ1) is 6.58. The molecule has 0 aromatic rings. The van der Waals surface area contributed by atoms with Crippen molar-refractivity contribution in [1.29, 1.82) is 0 Å². The van der Waals surface area contributed by atoms with Gasteiger partial charge in [-0.05, 0) is 20.8 Å². The highest BCUT2D eigenvalue weighted by molar-refractivity contribution is 6.31. The molecule has 86 valence electrons. The Bertz CT molecular complexity index is 331. The highest BCUT2D eigenvalue weighted by atomic mass is 35.5. The van der Waals surface area contributed by atoms with Crippen molar-refractivity contribution in [2.24, 2.45) is 5.41 Å². The molecule has 0 amide bonds. The van der Waals surface area contributed by atoms with Gasteiger partial charge in [0.15, 0.2) is 5.76 Å². The number of hydrogen-bond donors (Lipinski definition) is 0. The fraction of sp³-hybridized carbons (Fsp3) is 0.667. The van der Waals surface area contributed by atoms with Gasteiger partial charge in [-0.15, -0.1) is 0 Å². The van der Waals surface area contributed by atoms with E-state index in [1.165, 1.54) is 20.8 Å². The van der Waals surface area contributed by atoms with E-state index in [1.807, 2.05) is 0 Å². The minimum atomic E-state index is -3.79. The summed E-state index contributed by atoms with van der Waals surface area (Å²) in [5.74, 6) is -5.74. The lowest BCUT2D eigenvalue weighted by Gasteiger charge is -2.33. The van der Waals surface area contributed by atoms with Crippen LogP contribution in [-0.4, -0.2) is 18.1 Å². The molecular weight excluding hydrogens is 233 g/mol. The summed E-state index contributed by atoms with van der Waals surface area (Å²) in [5.41, 5.74) is -0.943. The Hall–Kier alpha value is -0.710. The van der Waals surface area contributed by atoms with Crippen molar-refractivity contribution >= 4 is 17.6 Å². The molecule has 0 fully saturated rings.